The van der Waals surface area contributed by atoms with Gasteiger partial charge in [0.1, 0.15) is 5.75 Å². The van der Waals surface area contributed by atoms with Crippen molar-refractivity contribution in [3.63, 3.8) is 0 Å². The smallest absolute Gasteiger partial charge is 0.319 e. The van der Waals surface area contributed by atoms with Crippen molar-refractivity contribution in [3.8, 4) is 5.75 Å². The van der Waals surface area contributed by atoms with Gasteiger partial charge < -0.3 is 20.7 Å². The number of carbonyl (C=O) groups is 2. The van der Waals surface area contributed by atoms with E-state index >= 15 is 0 Å². The minimum Gasteiger partial charge on any atom is -0.495 e. The van der Waals surface area contributed by atoms with Crippen molar-refractivity contribution < 1.29 is 14.3 Å². The minimum atomic E-state index is -0.616. The Hall–Kier alpha value is -2.70. The summed E-state index contributed by atoms with van der Waals surface area (Å²) in [5.74, 6) is 0.0607. The number of hydrogen-bond acceptors (Lipinski definition) is 3. The minimum absolute atomic E-state index is 0.374. The number of ether oxygens (including phenoxy) is 1. The first kappa shape index (κ1) is 19.1. The number of methoxy groups -OCH3 is 1. The van der Waals surface area contributed by atoms with E-state index in [2.05, 4.69) is 16.0 Å². The third kappa shape index (κ3) is 4.18. The molecule has 1 aliphatic rings. The molecule has 2 aromatic carbocycles. The van der Waals surface area contributed by atoms with Crippen LogP contribution < -0.4 is 20.7 Å². The maximum Gasteiger partial charge on any atom is 0.319 e. The van der Waals surface area contributed by atoms with Crippen LogP contribution in [-0.4, -0.2) is 19.0 Å². The molecule has 27 heavy (non-hydrogen) atoms. The molecular formula is C19H17Cl2N3O3. The number of urea groups is 1. The fourth-order valence-corrected chi connectivity index (χ4v) is 3.15. The molecule has 0 aliphatic carbocycles. The van der Waals surface area contributed by atoms with Crippen molar-refractivity contribution in [2.75, 3.05) is 12.4 Å². The van der Waals surface area contributed by atoms with E-state index in [1.54, 1.807) is 49.4 Å². The fraction of sp³-hybridized carbons (Fsp3) is 0.158. The van der Waals surface area contributed by atoms with Gasteiger partial charge in [-0.2, -0.15) is 0 Å². The molecule has 0 fully saturated rings. The SMILES string of the molecule is COc1cc(Cl)ccc1NC(=O)C1=C(C)NC(=O)N[C@@H]1c1ccc(Cl)cc1. The van der Waals surface area contributed by atoms with Crippen LogP contribution in [0.5, 0.6) is 5.75 Å². The lowest BCUT2D eigenvalue weighted by Crippen LogP contribution is -2.45. The first-order valence-electron chi connectivity index (χ1n) is 8.07. The Morgan fingerprint density at radius 2 is 1.78 bits per heavy atom. The number of allylic oxidation sites excluding steroid dienone is 1. The molecule has 0 spiro atoms. The number of rotatable bonds is 4. The third-order valence-electron chi connectivity index (χ3n) is 4.13. The summed E-state index contributed by atoms with van der Waals surface area (Å²) in [6, 6.07) is 10.9. The van der Waals surface area contributed by atoms with Gasteiger partial charge in [-0.25, -0.2) is 4.79 Å². The highest BCUT2D eigenvalue weighted by Gasteiger charge is 2.31. The van der Waals surface area contributed by atoms with Crippen molar-refractivity contribution >= 4 is 40.8 Å². The predicted molar refractivity (Wildman–Crippen MR) is 105 cm³/mol. The number of halogens is 2. The highest BCUT2D eigenvalue weighted by molar-refractivity contribution is 6.31. The molecule has 0 radical (unpaired) electrons. The number of carbonyl (C=O) groups excluding carboxylic acids is 2. The fourth-order valence-electron chi connectivity index (χ4n) is 2.86. The lowest BCUT2D eigenvalue weighted by Gasteiger charge is -2.28. The lowest BCUT2D eigenvalue weighted by atomic mass is 9.95. The average Bonchev–Trinajstić information content (AvgIpc) is 2.63. The molecule has 3 N–H and O–H groups in total. The van der Waals surface area contributed by atoms with Gasteiger partial charge in [-0.15, -0.1) is 0 Å². The molecule has 0 saturated carbocycles. The Balaban J connectivity index is 1.95. The zero-order valence-corrected chi connectivity index (χ0v) is 16.1. The van der Waals surface area contributed by atoms with Gasteiger partial charge in [0, 0.05) is 21.8 Å². The molecular weight excluding hydrogens is 389 g/mol. The van der Waals surface area contributed by atoms with E-state index in [1.807, 2.05) is 0 Å². The molecule has 0 unspecified atom stereocenters. The van der Waals surface area contributed by atoms with Crippen LogP contribution in [0.1, 0.15) is 18.5 Å². The number of amides is 3. The van der Waals surface area contributed by atoms with E-state index in [0.717, 1.165) is 5.56 Å². The molecule has 0 bridgehead atoms. The topological polar surface area (TPSA) is 79.5 Å². The predicted octanol–water partition coefficient (Wildman–Crippen LogP) is 4.27. The second kappa shape index (κ2) is 7.90. The van der Waals surface area contributed by atoms with Crippen molar-refractivity contribution in [2.45, 2.75) is 13.0 Å². The quantitative estimate of drug-likeness (QED) is 0.710. The van der Waals surface area contributed by atoms with Gasteiger partial charge in [0.05, 0.1) is 24.4 Å². The summed E-state index contributed by atoms with van der Waals surface area (Å²) >= 11 is 11.9. The summed E-state index contributed by atoms with van der Waals surface area (Å²) in [6.07, 6.45) is 0. The Bertz CT molecular complexity index is 926. The number of benzene rings is 2. The molecule has 3 amide bonds. The number of anilines is 1. The van der Waals surface area contributed by atoms with E-state index in [1.165, 1.54) is 7.11 Å². The molecule has 0 aromatic heterocycles. The van der Waals surface area contributed by atoms with Gasteiger partial charge in [-0.3, -0.25) is 4.79 Å². The summed E-state index contributed by atoms with van der Waals surface area (Å²) in [5.41, 5.74) is 2.05. The molecule has 1 aliphatic heterocycles. The summed E-state index contributed by atoms with van der Waals surface area (Å²) in [7, 11) is 1.49. The second-order valence-electron chi connectivity index (χ2n) is 5.92. The number of hydrogen-bond donors (Lipinski definition) is 3. The first-order chi connectivity index (χ1) is 12.9. The van der Waals surface area contributed by atoms with Crippen LogP contribution in [0, 0.1) is 0 Å². The van der Waals surface area contributed by atoms with Gasteiger partial charge in [0.2, 0.25) is 0 Å². The average molecular weight is 406 g/mol. The molecule has 1 heterocycles. The van der Waals surface area contributed by atoms with Gasteiger partial charge in [-0.1, -0.05) is 35.3 Å². The molecule has 2 aromatic rings. The Morgan fingerprint density at radius 1 is 1.11 bits per heavy atom. The molecule has 140 valence electrons. The lowest BCUT2D eigenvalue weighted by molar-refractivity contribution is -0.113. The maximum atomic E-state index is 13.0. The van der Waals surface area contributed by atoms with E-state index < -0.39 is 6.04 Å². The standard InChI is InChI=1S/C19H17Cl2N3O3/c1-10-16(18(25)23-14-8-7-13(21)9-15(14)27-2)17(24-19(26)22-10)11-3-5-12(20)6-4-11/h3-9,17H,1-2H3,(H,23,25)(H2,22,24,26)/t17-/m1/s1. The molecule has 6 nitrogen and oxygen atoms in total. The third-order valence-corrected chi connectivity index (χ3v) is 4.62. The Morgan fingerprint density at radius 3 is 2.44 bits per heavy atom. The van der Waals surface area contributed by atoms with Crippen LogP contribution in [-0.2, 0) is 4.79 Å². The number of nitrogens with one attached hydrogen (secondary N) is 3. The molecule has 0 saturated heterocycles. The van der Waals surface area contributed by atoms with Crippen molar-refractivity contribution in [1.82, 2.24) is 10.6 Å². The molecule has 3 rings (SSSR count). The van der Waals surface area contributed by atoms with Crippen LogP contribution in [0.2, 0.25) is 10.0 Å². The zero-order valence-electron chi connectivity index (χ0n) is 14.6. The van der Waals surface area contributed by atoms with E-state index in [9.17, 15) is 9.59 Å². The van der Waals surface area contributed by atoms with Crippen LogP contribution >= 0.6 is 23.2 Å². The second-order valence-corrected chi connectivity index (χ2v) is 6.79. The van der Waals surface area contributed by atoms with Crippen molar-refractivity contribution in [2.24, 2.45) is 0 Å². The van der Waals surface area contributed by atoms with Crippen LogP contribution in [0.3, 0.4) is 0 Å². The van der Waals surface area contributed by atoms with E-state index in [-0.39, 0.29) is 11.9 Å². The van der Waals surface area contributed by atoms with Crippen molar-refractivity contribution in [3.05, 3.63) is 69.3 Å². The van der Waals surface area contributed by atoms with Gasteiger partial charge in [0.25, 0.3) is 5.91 Å². The molecule has 1 atom stereocenters. The zero-order chi connectivity index (χ0) is 19.6. The van der Waals surface area contributed by atoms with Crippen LogP contribution in [0.25, 0.3) is 0 Å². The van der Waals surface area contributed by atoms with Crippen molar-refractivity contribution in [1.29, 1.82) is 0 Å². The molecule has 8 heteroatoms. The summed E-state index contributed by atoms with van der Waals surface area (Å²) in [6.45, 7) is 1.68. The van der Waals surface area contributed by atoms with E-state index in [0.29, 0.717) is 32.8 Å². The maximum absolute atomic E-state index is 13.0. The van der Waals surface area contributed by atoms with Gasteiger partial charge in [0.15, 0.2) is 0 Å². The summed E-state index contributed by atoms with van der Waals surface area (Å²) < 4.78 is 5.27. The Labute approximate surface area is 166 Å². The van der Waals surface area contributed by atoms with Gasteiger partial charge in [-0.05, 0) is 36.8 Å². The van der Waals surface area contributed by atoms with Gasteiger partial charge >= 0.3 is 6.03 Å². The monoisotopic (exact) mass is 405 g/mol. The largest absolute Gasteiger partial charge is 0.495 e. The summed E-state index contributed by atoms with van der Waals surface area (Å²) in [4.78, 5) is 25.0. The van der Waals surface area contributed by atoms with Crippen LogP contribution in [0.15, 0.2) is 53.7 Å². The summed E-state index contributed by atoms with van der Waals surface area (Å²) in [5, 5.41) is 9.28. The Kier molecular flexibility index (Phi) is 5.58. The normalized spacial score (nSPS) is 16.4. The van der Waals surface area contributed by atoms with E-state index in [4.69, 9.17) is 27.9 Å². The first-order valence-corrected chi connectivity index (χ1v) is 8.83. The highest BCUT2D eigenvalue weighted by atomic mass is 35.5. The van der Waals surface area contributed by atoms with Crippen LogP contribution in [0.4, 0.5) is 10.5 Å². The highest BCUT2D eigenvalue weighted by Crippen LogP contribution is 2.31.